The van der Waals surface area contributed by atoms with Crippen molar-refractivity contribution in [1.82, 2.24) is 9.55 Å². The lowest BCUT2D eigenvalue weighted by atomic mass is 10.0. The topological polar surface area (TPSA) is 114 Å². The Morgan fingerprint density at radius 2 is 1.90 bits per heavy atom. The Hall–Kier alpha value is -3.30. The molecule has 2 fully saturated rings. The summed E-state index contributed by atoms with van der Waals surface area (Å²) in [7, 11) is 0. The van der Waals surface area contributed by atoms with E-state index >= 15 is 0 Å². The van der Waals surface area contributed by atoms with Crippen LogP contribution in [0.2, 0.25) is 0 Å². The van der Waals surface area contributed by atoms with Crippen LogP contribution in [0.3, 0.4) is 0 Å². The zero-order chi connectivity index (χ0) is 21.8. The molecule has 2 aromatic rings. The Morgan fingerprint density at radius 1 is 1.27 bits per heavy atom. The third-order valence-electron chi connectivity index (χ3n) is 4.86. The average molecular weight is 418 g/mol. The summed E-state index contributed by atoms with van der Waals surface area (Å²) in [6.07, 6.45) is 2.88. The maximum Gasteiger partial charge on any atom is 0.343 e. The summed E-state index contributed by atoms with van der Waals surface area (Å²) in [5.41, 5.74) is -1.40. The summed E-state index contributed by atoms with van der Waals surface area (Å²) in [4.78, 5) is 53.8. The first-order valence-corrected chi connectivity index (χ1v) is 9.51. The van der Waals surface area contributed by atoms with E-state index in [9.17, 15) is 23.6 Å². The average Bonchev–Trinajstić information content (AvgIpc) is 3.46. The van der Waals surface area contributed by atoms with E-state index in [0.29, 0.717) is 0 Å². The number of carbonyl (C=O) groups excluding carboxylic acids is 3. The van der Waals surface area contributed by atoms with Gasteiger partial charge in [-0.3, -0.25) is 14.4 Å². The number of cyclic esters (lactones) is 2. The van der Waals surface area contributed by atoms with Crippen molar-refractivity contribution < 1.29 is 33.0 Å². The molecule has 2 aromatic heterocycles. The monoisotopic (exact) mass is 418 g/mol. The fraction of sp³-hybridized carbons (Fsp3) is 0.450. The Bertz CT molecular complexity index is 1130. The maximum atomic E-state index is 14.9. The number of hydrogen-bond acceptors (Lipinski definition) is 8. The van der Waals surface area contributed by atoms with E-state index in [1.165, 1.54) is 20.0 Å². The van der Waals surface area contributed by atoms with Crippen molar-refractivity contribution in [3.05, 3.63) is 39.6 Å². The largest absolute Gasteiger partial charge is 0.462 e. The molecular weight excluding hydrogens is 399 g/mol. The van der Waals surface area contributed by atoms with Crippen LogP contribution < -0.4 is 5.43 Å². The van der Waals surface area contributed by atoms with Gasteiger partial charge in [0.05, 0.1) is 12.0 Å². The van der Waals surface area contributed by atoms with Crippen molar-refractivity contribution in [3.8, 4) is 0 Å². The van der Waals surface area contributed by atoms with E-state index in [1.807, 2.05) is 0 Å². The molecule has 0 atom stereocenters. The number of ether oxygens (including phenoxy) is 3. The molecule has 0 radical (unpaired) electrons. The minimum absolute atomic E-state index is 0.0451. The molecule has 1 aliphatic carbocycles. The fourth-order valence-electron chi connectivity index (χ4n) is 3.39. The van der Waals surface area contributed by atoms with Crippen LogP contribution in [0.1, 0.15) is 61.6 Å². The summed E-state index contributed by atoms with van der Waals surface area (Å²) in [6, 6.07) is 0.832. The molecule has 158 valence electrons. The zero-order valence-corrected chi connectivity index (χ0v) is 16.6. The van der Waals surface area contributed by atoms with Crippen molar-refractivity contribution in [3.63, 3.8) is 0 Å². The Balaban J connectivity index is 1.90. The molecule has 30 heavy (non-hydrogen) atoms. The van der Waals surface area contributed by atoms with Crippen LogP contribution in [0.15, 0.2) is 17.1 Å². The second-order valence-corrected chi connectivity index (χ2v) is 7.63. The van der Waals surface area contributed by atoms with E-state index < -0.39 is 46.6 Å². The summed E-state index contributed by atoms with van der Waals surface area (Å²) in [6.45, 7) is 4.44. The molecule has 3 heterocycles. The maximum absolute atomic E-state index is 14.9. The Labute approximate surface area is 169 Å². The number of hydrogen-bond donors (Lipinski definition) is 0. The summed E-state index contributed by atoms with van der Waals surface area (Å²) >= 11 is 0. The highest BCUT2D eigenvalue weighted by atomic mass is 19.1. The number of fused-ring (bicyclic) bond motifs is 1. The van der Waals surface area contributed by atoms with Crippen molar-refractivity contribution in [1.29, 1.82) is 0 Å². The van der Waals surface area contributed by atoms with Crippen molar-refractivity contribution in [2.45, 2.75) is 51.4 Å². The van der Waals surface area contributed by atoms with E-state index in [4.69, 9.17) is 14.2 Å². The van der Waals surface area contributed by atoms with Crippen molar-refractivity contribution in [2.75, 3.05) is 6.61 Å². The first kappa shape index (κ1) is 20.0. The van der Waals surface area contributed by atoms with Crippen LogP contribution in [0.5, 0.6) is 0 Å². The third kappa shape index (κ3) is 3.31. The Morgan fingerprint density at radius 3 is 2.47 bits per heavy atom. The van der Waals surface area contributed by atoms with Crippen LogP contribution in [0.25, 0.3) is 11.0 Å². The van der Waals surface area contributed by atoms with Gasteiger partial charge in [0.25, 0.3) is 5.79 Å². The number of pyridine rings is 2. The van der Waals surface area contributed by atoms with Gasteiger partial charge in [-0.15, -0.1) is 0 Å². The first-order valence-electron chi connectivity index (χ1n) is 9.51. The van der Waals surface area contributed by atoms with Crippen molar-refractivity contribution >= 4 is 28.9 Å². The summed E-state index contributed by atoms with van der Waals surface area (Å²) in [5, 5.41) is -0.147. The SMILES string of the molecule is CCOC(=O)c1cn(C2CC2)c2nc(C3C(=O)OC(C)(C)OC3=O)c(F)cc2c1=O. The highest BCUT2D eigenvalue weighted by Gasteiger charge is 2.46. The molecular formula is C20H19FN2O7. The lowest BCUT2D eigenvalue weighted by Crippen LogP contribution is -2.45. The van der Waals surface area contributed by atoms with Crippen LogP contribution in [0.4, 0.5) is 4.39 Å². The quantitative estimate of drug-likeness (QED) is 0.547. The summed E-state index contributed by atoms with van der Waals surface area (Å²) < 4.78 is 31.5. The van der Waals surface area contributed by atoms with Gasteiger partial charge in [0.2, 0.25) is 5.43 Å². The number of rotatable bonds is 4. The number of halogens is 1. The second kappa shape index (κ2) is 6.89. The molecule has 1 aliphatic heterocycles. The molecule has 0 N–H and O–H groups in total. The second-order valence-electron chi connectivity index (χ2n) is 7.63. The van der Waals surface area contributed by atoms with Crippen LogP contribution >= 0.6 is 0 Å². The van der Waals surface area contributed by atoms with E-state index in [2.05, 4.69) is 4.98 Å². The smallest absolute Gasteiger partial charge is 0.343 e. The first-order chi connectivity index (χ1) is 14.1. The zero-order valence-electron chi connectivity index (χ0n) is 16.6. The van der Waals surface area contributed by atoms with E-state index in [-0.39, 0.29) is 29.2 Å². The third-order valence-corrected chi connectivity index (χ3v) is 4.86. The van der Waals surface area contributed by atoms with Gasteiger partial charge in [0.1, 0.15) is 22.7 Å². The predicted molar refractivity (Wildman–Crippen MR) is 99.2 cm³/mol. The fourth-order valence-corrected chi connectivity index (χ4v) is 3.39. The molecule has 1 saturated heterocycles. The number of aromatic nitrogens is 2. The minimum Gasteiger partial charge on any atom is -0.462 e. The lowest BCUT2D eigenvalue weighted by Gasteiger charge is -2.32. The van der Waals surface area contributed by atoms with Crippen LogP contribution in [0, 0.1) is 5.82 Å². The van der Waals surface area contributed by atoms with Crippen LogP contribution in [-0.2, 0) is 23.8 Å². The van der Waals surface area contributed by atoms with E-state index in [0.717, 1.165) is 18.9 Å². The standard InChI is InChI=1S/C20H19FN2O7/c1-4-28-17(25)11-8-23(9-5-6-9)16-10(15(11)24)7-12(21)14(22-16)13-18(26)29-20(2,3)30-19(13)27/h7-9,13H,4-6H2,1-3H3. The molecule has 2 aliphatic rings. The van der Waals surface area contributed by atoms with Crippen LogP contribution in [-0.4, -0.2) is 39.9 Å². The van der Waals surface area contributed by atoms with Gasteiger partial charge in [-0.2, -0.15) is 0 Å². The van der Waals surface area contributed by atoms with Gasteiger partial charge in [0.15, 0.2) is 5.92 Å². The predicted octanol–water partition coefficient (Wildman–Crippen LogP) is 1.97. The van der Waals surface area contributed by atoms with Crippen molar-refractivity contribution in [2.24, 2.45) is 0 Å². The number of esters is 3. The van der Waals surface area contributed by atoms with E-state index in [1.54, 1.807) is 11.5 Å². The molecule has 1 saturated carbocycles. The highest BCUT2D eigenvalue weighted by Crippen LogP contribution is 2.37. The van der Waals surface area contributed by atoms with Gasteiger partial charge in [-0.1, -0.05) is 0 Å². The molecule has 9 nitrogen and oxygen atoms in total. The van der Waals surface area contributed by atoms with Gasteiger partial charge >= 0.3 is 17.9 Å². The highest BCUT2D eigenvalue weighted by molar-refractivity contribution is 6.02. The van der Waals surface area contributed by atoms with Gasteiger partial charge in [-0.05, 0) is 25.8 Å². The van der Waals surface area contributed by atoms with Gasteiger partial charge in [0, 0.05) is 26.1 Å². The molecule has 0 aromatic carbocycles. The number of carbonyl (C=O) groups is 3. The number of nitrogens with zero attached hydrogens (tertiary/aromatic N) is 2. The summed E-state index contributed by atoms with van der Waals surface area (Å²) in [5.74, 6) is -7.04. The van der Waals surface area contributed by atoms with Gasteiger partial charge in [-0.25, -0.2) is 14.2 Å². The molecule has 0 unspecified atom stereocenters. The molecule has 4 rings (SSSR count). The van der Waals surface area contributed by atoms with Gasteiger partial charge < -0.3 is 18.8 Å². The minimum atomic E-state index is -1.71. The molecule has 0 spiro atoms. The Kier molecular flexibility index (Phi) is 4.59. The normalized spacial score (nSPS) is 18.8. The molecule has 0 amide bonds. The molecule has 10 heteroatoms. The lowest BCUT2D eigenvalue weighted by molar-refractivity contribution is -0.235. The molecule has 0 bridgehead atoms.